The van der Waals surface area contributed by atoms with E-state index in [1.54, 1.807) is 4.90 Å². The third-order valence-electron chi connectivity index (χ3n) is 4.18. The molecule has 2 N–H and O–H groups in total. The molecule has 2 rings (SSSR count). The van der Waals surface area contributed by atoms with Gasteiger partial charge in [0.05, 0.1) is 11.6 Å². The average Bonchev–Trinajstić information content (AvgIpc) is 2.85. The second kappa shape index (κ2) is 5.51. The zero-order valence-electron chi connectivity index (χ0n) is 11.5. The molecule has 0 aromatic heterocycles. The maximum Gasteiger partial charge on any atom is 0.242 e. The number of nitrogens with two attached hydrogens (primary N) is 1. The Kier molecular flexibility index (Phi) is 4.16. The van der Waals surface area contributed by atoms with Gasteiger partial charge in [-0.25, -0.2) is 0 Å². The standard InChI is InChI=1S/C15H21ClN2O/c1-11(12-5-7-13(16)8-6-12)18(2)14(19)15(17)9-3-4-10-15/h5-8,11H,3-4,9-10,17H2,1-2H3. The van der Waals surface area contributed by atoms with Crippen LogP contribution < -0.4 is 5.73 Å². The molecular weight excluding hydrogens is 260 g/mol. The highest BCUT2D eigenvalue weighted by Crippen LogP contribution is 2.31. The van der Waals surface area contributed by atoms with Gasteiger partial charge in [-0.3, -0.25) is 4.79 Å². The Labute approximate surface area is 119 Å². The first-order valence-corrected chi connectivity index (χ1v) is 7.13. The molecule has 3 nitrogen and oxygen atoms in total. The lowest BCUT2D eigenvalue weighted by Crippen LogP contribution is -2.52. The molecule has 1 unspecified atom stereocenters. The van der Waals surface area contributed by atoms with E-state index in [2.05, 4.69) is 0 Å². The van der Waals surface area contributed by atoms with Gasteiger partial charge in [-0.15, -0.1) is 0 Å². The number of carbonyl (C=O) groups is 1. The summed E-state index contributed by atoms with van der Waals surface area (Å²) < 4.78 is 0. The number of amides is 1. The summed E-state index contributed by atoms with van der Waals surface area (Å²) in [6.45, 7) is 2.01. The zero-order valence-corrected chi connectivity index (χ0v) is 12.3. The van der Waals surface area contributed by atoms with Gasteiger partial charge >= 0.3 is 0 Å². The van der Waals surface area contributed by atoms with Gasteiger partial charge < -0.3 is 10.6 Å². The van der Waals surface area contributed by atoms with Crippen LogP contribution in [0, 0.1) is 0 Å². The molecule has 0 spiro atoms. The topological polar surface area (TPSA) is 46.3 Å². The number of likely N-dealkylation sites (N-methyl/N-ethyl adjacent to an activating group) is 1. The lowest BCUT2D eigenvalue weighted by Gasteiger charge is -2.33. The second-order valence-electron chi connectivity index (χ2n) is 5.51. The third-order valence-corrected chi connectivity index (χ3v) is 4.43. The first-order chi connectivity index (χ1) is 8.94. The summed E-state index contributed by atoms with van der Waals surface area (Å²) in [7, 11) is 1.83. The van der Waals surface area contributed by atoms with E-state index in [0.717, 1.165) is 31.2 Å². The number of nitrogens with zero attached hydrogens (tertiary/aromatic N) is 1. The van der Waals surface area contributed by atoms with Crippen LogP contribution in [-0.4, -0.2) is 23.4 Å². The molecule has 1 amide bonds. The maximum atomic E-state index is 12.5. The van der Waals surface area contributed by atoms with E-state index in [-0.39, 0.29) is 11.9 Å². The highest BCUT2D eigenvalue weighted by molar-refractivity contribution is 6.30. The van der Waals surface area contributed by atoms with Gasteiger partial charge in [0.2, 0.25) is 5.91 Å². The summed E-state index contributed by atoms with van der Waals surface area (Å²) in [6, 6.07) is 7.60. The fourth-order valence-electron chi connectivity index (χ4n) is 2.71. The van der Waals surface area contributed by atoms with Crippen LogP contribution in [0.15, 0.2) is 24.3 Å². The Balaban J connectivity index is 2.12. The molecular formula is C15H21ClN2O. The molecule has 0 heterocycles. The molecule has 0 aliphatic heterocycles. The van der Waals surface area contributed by atoms with E-state index in [9.17, 15) is 4.79 Å². The molecule has 104 valence electrons. The van der Waals surface area contributed by atoms with Crippen LogP contribution in [0.3, 0.4) is 0 Å². The molecule has 1 aromatic carbocycles. The predicted molar refractivity (Wildman–Crippen MR) is 78.0 cm³/mol. The second-order valence-corrected chi connectivity index (χ2v) is 5.94. The monoisotopic (exact) mass is 280 g/mol. The Morgan fingerprint density at radius 3 is 2.37 bits per heavy atom. The molecule has 1 aliphatic rings. The van der Waals surface area contributed by atoms with Crippen molar-refractivity contribution in [2.24, 2.45) is 5.73 Å². The molecule has 0 radical (unpaired) electrons. The van der Waals surface area contributed by atoms with Crippen LogP contribution in [-0.2, 0) is 4.79 Å². The van der Waals surface area contributed by atoms with Gasteiger partial charge in [0.25, 0.3) is 0 Å². The molecule has 1 aromatic rings. The summed E-state index contributed by atoms with van der Waals surface area (Å²) in [6.07, 6.45) is 3.68. The molecule has 1 aliphatic carbocycles. The van der Waals surface area contributed by atoms with Gasteiger partial charge in [0, 0.05) is 12.1 Å². The van der Waals surface area contributed by atoms with E-state index in [0.29, 0.717) is 5.02 Å². The first-order valence-electron chi connectivity index (χ1n) is 6.76. The fourth-order valence-corrected chi connectivity index (χ4v) is 2.84. The van der Waals surface area contributed by atoms with E-state index in [1.807, 2.05) is 38.2 Å². The van der Waals surface area contributed by atoms with E-state index in [4.69, 9.17) is 17.3 Å². The lowest BCUT2D eigenvalue weighted by molar-refractivity contribution is -0.137. The third kappa shape index (κ3) is 2.93. The van der Waals surface area contributed by atoms with Crippen molar-refractivity contribution in [1.82, 2.24) is 4.90 Å². The number of halogens is 1. The number of benzene rings is 1. The average molecular weight is 281 g/mol. The minimum absolute atomic E-state index is 0.00536. The summed E-state index contributed by atoms with van der Waals surface area (Å²) in [5.41, 5.74) is 6.65. The molecule has 0 bridgehead atoms. The molecule has 4 heteroatoms. The smallest absolute Gasteiger partial charge is 0.242 e. The Morgan fingerprint density at radius 2 is 1.84 bits per heavy atom. The quantitative estimate of drug-likeness (QED) is 0.925. The van der Waals surface area contributed by atoms with Gasteiger partial charge in [-0.1, -0.05) is 36.6 Å². The van der Waals surface area contributed by atoms with Crippen molar-refractivity contribution in [2.45, 2.75) is 44.2 Å². The summed E-state index contributed by atoms with van der Waals surface area (Å²) in [4.78, 5) is 14.3. The number of rotatable bonds is 3. The van der Waals surface area contributed by atoms with Crippen LogP contribution >= 0.6 is 11.6 Å². The van der Waals surface area contributed by atoms with Crippen LogP contribution in [0.4, 0.5) is 0 Å². The SMILES string of the molecule is CC(c1ccc(Cl)cc1)N(C)C(=O)C1(N)CCCC1. The van der Waals surface area contributed by atoms with E-state index < -0.39 is 5.54 Å². The van der Waals surface area contributed by atoms with Crippen molar-refractivity contribution in [1.29, 1.82) is 0 Å². The molecule has 0 saturated heterocycles. The number of carbonyl (C=O) groups excluding carboxylic acids is 1. The van der Waals surface area contributed by atoms with Crippen molar-refractivity contribution in [2.75, 3.05) is 7.05 Å². The normalized spacial score (nSPS) is 19.2. The maximum absolute atomic E-state index is 12.5. The highest BCUT2D eigenvalue weighted by Gasteiger charge is 2.40. The zero-order chi connectivity index (χ0) is 14.0. The highest BCUT2D eigenvalue weighted by atomic mass is 35.5. The molecule has 1 atom stereocenters. The number of hydrogen-bond donors (Lipinski definition) is 1. The first kappa shape index (κ1) is 14.4. The Bertz CT molecular complexity index is 452. The fraction of sp³-hybridized carbons (Fsp3) is 0.533. The van der Waals surface area contributed by atoms with Crippen LogP contribution in [0.25, 0.3) is 0 Å². The number of hydrogen-bond acceptors (Lipinski definition) is 2. The molecule has 1 fully saturated rings. The Morgan fingerprint density at radius 1 is 1.32 bits per heavy atom. The Hall–Kier alpha value is -1.06. The molecule has 1 saturated carbocycles. The minimum Gasteiger partial charge on any atom is -0.337 e. The summed E-state index contributed by atoms with van der Waals surface area (Å²) >= 11 is 5.88. The van der Waals surface area contributed by atoms with Gasteiger partial charge in [0.1, 0.15) is 0 Å². The van der Waals surface area contributed by atoms with Crippen molar-refractivity contribution >= 4 is 17.5 Å². The largest absolute Gasteiger partial charge is 0.337 e. The van der Waals surface area contributed by atoms with Crippen molar-refractivity contribution in [3.8, 4) is 0 Å². The van der Waals surface area contributed by atoms with E-state index >= 15 is 0 Å². The van der Waals surface area contributed by atoms with Crippen molar-refractivity contribution < 1.29 is 4.79 Å². The van der Waals surface area contributed by atoms with Crippen molar-refractivity contribution in [3.05, 3.63) is 34.9 Å². The van der Waals surface area contributed by atoms with Gasteiger partial charge in [-0.05, 0) is 37.5 Å². The van der Waals surface area contributed by atoms with Crippen LogP contribution in [0.2, 0.25) is 5.02 Å². The van der Waals surface area contributed by atoms with Crippen molar-refractivity contribution in [3.63, 3.8) is 0 Å². The van der Waals surface area contributed by atoms with Gasteiger partial charge in [-0.2, -0.15) is 0 Å². The van der Waals surface area contributed by atoms with Crippen LogP contribution in [0.1, 0.15) is 44.2 Å². The van der Waals surface area contributed by atoms with Crippen LogP contribution in [0.5, 0.6) is 0 Å². The summed E-state index contributed by atoms with van der Waals surface area (Å²) in [5, 5.41) is 0.705. The predicted octanol–water partition coefficient (Wildman–Crippen LogP) is 3.13. The molecule has 19 heavy (non-hydrogen) atoms. The lowest BCUT2D eigenvalue weighted by atomic mass is 9.95. The summed E-state index contributed by atoms with van der Waals surface area (Å²) in [5.74, 6) is 0.0486. The van der Waals surface area contributed by atoms with Gasteiger partial charge in [0.15, 0.2) is 0 Å². The van der Waals surface area contributed by atoms with E-state index in [1.165, 1.54) is 0 Å². The minimum atomic E-state index is -0.657.